The van der Waals surface area contributed by atoms with Gasteiger partial charge >= 0.3 is 0 Å². The van der Waals surface area contributed by atoms with E-state index in [-0.39, 0.29) is 6.04 Å². The molecule has 7 nitrogen and oxygen atoms in total. The number of nitrogens with one attached hydrogen (secondary N) is 3. The fourth-order valence-corrected chi connectivity index (χ4v) is 4.29. The number of hydrogen-bond donors (Lipinski definition) is 3. The second-order valence-electron chi connectivity index (χ2n) is 7.50. The Balaban J connectivity index is 1.49. The van der Waals surface area contributed by atoms with Gasteiger partial charge in [0.05, 0.1) is 22.6 Å². The van der Waals surface area contributed by atoms with E-state index < -0.39 is 11.7 Å². The molecule has 3 unspecified atom stereocenters. The number of carbonyl (C=O) groups is 2. The lowest BCUT2D eigenvalue weighted by atomic mass is 9.83. The summed E-state index contributed by atoms with van der Waals surface area (Å²) in [4.78, 5) is 25.5. The smallest absolute Gasteiger partial charge is 0.292 e. The van der Waals surface area contributed by atoms with Crippen LogP contribution in [0.4, 0.5) is 0 Å². The topological polar surface area (TPSA) is 88.0 Å². The molecule has 2 aromatic rings. The molecule has 1 aliphatic carbocycles. The van der Waals surface area contributed by atoms with Gasteiger partial charge in [0.2, 0.25) is 0 Å². The van der Waals surface area contributed by atoms with Crippen molar-refractivity contribution < 1.29 is 9.59 Å². The number of para-hydroxylation sites is 1. The predicted octanol–water partition coefficient (Wildman–Crippen LogP) is 1.43. The molecule has 7 heteroatoms. The number of fused-ring (bicyclic) bond motifs is 1. The van der Waals surface area contributed by atoms with Crippen LogP contribution in [0.1, 0.15) is 41.0 Å². The van der Waals surface area contributed by atoms with Gasteiger partial charge in [-0.25, -0.2) is 4.68 Å². The number of benzene rings is 1. The first-order valence-electron chi connectivity index (χ1n) is 9.50. The summed E-state index contributed by atoms with van der Waals surface area (Å²) in [6.45, 7) is 4.51. The Morgan fingerprint density at radius 2 is 1.96 bits per heavy atom. The maximum Gasteiger partial charge on any atom is 0.292 e. The van der Waals surface area contributed by atoms with Gasteiger partial charge in [0.25, 0.3) is 11.7 Å². The van der Waals surface area contributed by atoms with E-state index in [1.54, 1.807) is 11.6 Å². The van der Waals surface area contributed by atoms with Gasteiger partial charge in [0, 0.05) is 18.6 Å². The largest absolute Gasteiger partial charge is 0.346 e. The van der Waals surface area contributed by atoms with Crippen LogP contribution in [0.2, 0.25) is 0 Å². The number of aromatic nitrogens is 2. The third-order valence-electron chi connectivity index (χ3n) is 5.69. The number of nitrogens with zero attached hydrogens (tertiary/aromatic N) is 2. The third-order valence-corrected chi connectivity index (χ3v) is 5.69. The summed E-state index contributed by atoms with van der Waals surface area (Å²) >= 11 is 0. The van der Waals surface area contributed by atoms with Gasteiger partial charge in [0.1, 0.15) is 0 Å². The Morgan fingerprint density at radius 3 is 2.74 bits per heavy atom. The van der Waals surface area contributed by atoms with E-state index in [4.69, 9.17) is 0 Å². The molecule has 1 amide bonds. The molecule has 0 radical (unpaired) electrons. The molecule has 0 bridgehead atoms. The van der Waals surface area contributed by atoms with E-state index in [9.17, 15) is 9.59 Å². The maximum absolute atomic E-state index is 12.8. The monoisotopic (exact) mass is 367 g/mol. The molecule has 27 heavy (non-hydrogen) atoms. The van der Waals surface area contributed by atoms with Crippen LogP contribution < -0.4 is 16.2 Å². The van der Waals surface area contributed by atoms with Crippen molar-refractivity contribution in [2.24, 2.45) is 5.92 Å². The van der Waals surface area contributed by atoms with Crippen LogP contribution in [-0.2, 0) is 4.79 Å². The van der Waals surface area contributed by atoms with Gasteiger partial charge < -0.3 is 5.32 Å². The van der Waals surface area contributed by atoms with Crippen molar-refractivity contribution in [3.8, 4) is 5.69 Å². The van der Waals surface area contributed by atoms with Crippen molar-refractivity contribution in [1.29, 1.82) is 0 Å². The Bertz CT molecular complexity index is 861. The van der Waals surface area contributed by atoms with Crippen LogP contribution in [0.15, 0.2) is 30.3 Å². The van der Waals surface area contributed by atoms with Gasteiger partial charge in [-0.15, -0.1) is 0 Å². The summed E-state index contributed by atoms with van der Waals surface area (Å²) in [7, 11) is 0. The molecule has 1 saturated carbocycles. The number of hydrogen-bond acceptors (Lipinski definition) is 5. The summed E-state index contributed by atoms with van der Waals surface area (Å²) in [5.41, 5.74) is 8.98. The Hall–Kier alpha value is -2.51. The SMILES string of the molecule is Cc1nn(-c2ccccc2)c(C)c1C(=O)C(=O)NC1CCC2NNCC2C1. The second-order valence-corrected chi connectivity index (χ2v) is 7.50. The summed E-state index contributed by atoms with van der Waals surface area (Å²) in [5.74, 6) is -0.531. The van der Waals surface area contributed by atoms with E-state index in [0.717, 1.165) is 31.5 Å². The molecule has 3 N–H and O–H groups in total. The first kappa shape index (κ1) is 17.9. The van der Waals surface area contributed by atoms with Gasteiger partial charge in [-0.05, 0) is 51.2 Å². The zero-order valence-corrected chi connectivity index (χ0v) is 15.7. The molecular formula is C20H25N5O2. The van der Waals surface area contributed by atoms with Crippen molar-refractivity contribution in [3.05, 3.63) is 47.3 Å². The van der Waals surface area contributed by atoms with Crippen LogP contribution in [0.5, 0.6) is 0 Å². The minimum absolute atomic E-state index is 0.0502. The molecule has 3 atom stereocenters. The van der Waals surface area contributed by atoms with E-state index in [2.05, 4.69) is 21.3 Å². The lowest BCUT2D eigenvalue weighted by molar-refractivity contribution is -0.118. The molecule has 2 fully saturated rings. The molecule has 2 aliphatic rings. The summed E-state index contributed by atoms with van der Waals surface area (Å²) in [6, 6.07) is 10.1. The molecule has 1 aliphatic heterocycles. The van der Waals surface area contributed by atoms with E-state index in [1.165, 1.54) is 0 Å². The highest BCUT2D eigenvalue weighted by molar-refractivity contribution is 6.43. The minimum atomic E-state index is -0.531. The number of Topliss-reactive ketones (excluding diaryl/α,β-unsaturated/α-hetero) is 1. The maximum atomic E-state index is 12.8. The number of hydrazine groups is 1. The van der Waals surface area contributed by atoms with Crippen LogP contribution >= 0.6 is 0 Å². The normalized spacial score (nSPS) is 24.4. The molecule has 142 valence electrons. The van der Waals surface area contributed by atoms with E-state index in [1.807, 2.05) is 37.3 Å². The standard InChI is InChI=1S/C20H25N5O2/c1-12-18(13(2)25(24-12)16-6-4-3-5-7-16)19(26)20(27)22-15-8-9-17-14(10-15)11-21-23-17/h3-7,14-15,17,21,23H,8-11H2,1-2H3,(H,22,27). The number of amides is 1. The molecule has 2 heterocycles. The van der Waals surface area contributed by atoms with E-state index >= 15 is 0 Å². The van der Waals surface area contributed by atoms with Crippen LogP contribution in [-0.4, -0.2) is 40.1 Å². The number of rotatable bonds is 4. The first-order valence-corrected chi connectivity index (χ1v) is 9.50. The quantitative estimate of drug-likeness (QED) is 0.562. The van der Waals surface area contributed by atoms with Crippen molar-refractivity contribution in [3.63, 3.8) is 0 Å². The van der Waals surface area contributed by atoms with Crippen molar-refractivity contribution >= 4 is 11.7 Å². The zero-order chi connectivity index (χ0) is 19.0. The van der Waals surface area contributed by atoms with Crippen molar-refractivity contribution in [2.75, 3.05) is 6.54 Å². The number of aryl methyl sites for hydroxylation is 1. The van der Waals surface area contributed by atoms with E-state index in [0.29, 0.717) is 28.9 Å². The highest BCUT2D eigenvalue weighted by atomic mass is 16.2. The van der Waals surface area contributed by atoms with Crippen LogP contribution in [0, 0.1) is 19.8 Å². The number of ketones is 1. The minimum Gasteiger partial charge on any atom is -0.346 e. The average molecular weight is 367 g/mol. The van der Waals surface area contributed by atoms with Crippen LogP contribution in [0.25, 0.3) is 5.69 Å². The highest BCUT2D eigenvalue weighted by Crippen LogP contribution is 2.27. The molecule has 1 aromatic heterocycles. The Kier molecular flexibility index (Phi) is 4.80. The molecule has 4 rings (SSSR count). The second kappa shape index (κ2) is 7.25. The van der Waals surface area contributed by atoms with Crippen molar-refractivity contribution in [2.45, 2.75) is 45.2 Å². The molecular weight excluding hydrogens is 342 g/mol. The fraction of sp³-hybridized carbons (Fsp3) is 0.450. The first-order chi connectivity index (χ1) is 13.0. The highest BCUT2D eigenvalue weighted by Gasteiger charge is 2.35. The molecule has 1 saturated heterocycles. The lowest BCUT2D eigenvalue weighted by Gasteiger charge is -2.31. The summed E-state index contributed by atoms with van der Waals surface area (Å²) in [5, 5.41) is 7.43. The van der Waals surface area contributed by atoms with Gasteiger partial charge in [-0.2, -0.15) is 5.10 Å². The number of carbonyl (C=O) groups excluding carboxylic acids is 2. The van der Waals surface area contributed by atoms with Gasteiger partial charge in [0.15, 0.2) is 0 Å². The van der Waals surface area contributed by atoms with Crippen LogP contribution in [0.3, 0.4) is 0 Å². The molecule has 1 aromatic carbocycles. The lowest BCUT2D eigenvalue weighted by Crippen LogP contribution is -2.46. The summed E-state index contributed by atoms with van der Waals surface area (Å²) < 4.78 is 1.72. The van der Waals surface area contributed by atoms with Crippen molar-refractivity contribution in [1.82, 2.24) is 25.9 Å². The third kappa shape index (κ3) is 3.40. The Labute approximate surface area is 158 Å². The fourth-order valence-electron chi connectivity index (χ4n) is 4.29. The van der Waals surface area contributed by atoms with Gasteiger partial charge in [-0.1, -0.05) is 18.2 Å². The molecule has 0 spiro atoms. The Morgan fingerprint density at radius 1 is 1.19 bits per heavy atom. The zero-order valence-electron chi connectivity index (χ0n) is 15.7. The average Bonchev–Trinajstić information content (AvgIpc) is 3.25. The predicted molar refractivity (Wildman–Crippen MR) is 102 cm³/mol. The van der Waals surface area contributed by atoms with Gasteiger partial charge in [-0.3, -0.25) is 20.4 Å². The summed E-state index contributed by atoms with van der Waals surface area (Å²) in [6.07, 6.45) is 2.78.